The first-order valence-electron chi connectivity index (χ1n) is 7.05. The molecule has 2 aliphatic rings. The van der Waals surface area contributed by atoms with E-state index in [1.165, 1.54) is 48.1 Å². The van der Waals surface area contributed by atoms with Gasteiger partial charge in [-0.15, -0.1) is 11.3 Å². The smallest absolute Gasteiger partial charge is 0.161 e. The van der Waals surface area contributed by atoms with Crippen molar-refractivity contribution >= 4 is 16.3 Å². The van der Waals surface area contributed by atoms with Crippen molar-refractivity contribution in [1.82, 2.24) is 14.8 Å². The lowest BCUT2D eigenvalue weighted by molar-refractivity contribution is 0.695. The average Bonchev–Trinajstić information content (AvgIpc) is 3.10. The minimum absolute atomic E-state index is 0.593. The third kappa shape index (κ3) is 1.79. The van der Waals surface area contributed by atoms with Gasteiger partial charge in [-0.05, 0) is 44.1 Å². The van der Waals surface area contributed by atoms with E-state index in [0.717, 1.165) is 23.1 Å². The highest BCUT2D eigenvalue weighted by Crippen LogP contribution is 2.43. The van der Waals surface area contributed by atoms with E-state index in [2.05, 4.69) is 5.10 Å². The van der Waals surface area contributed by atoms with E-state index in [1.807, 2.05) is 11.7 Å². The van der Waals surface area contributed by atoms with Crippen LogP contribution in [0.2, 0.25) is 0 Å². The van der Waals surface area contributed by atoms with Crippen LogP contribution in [0.15, 0.2) is 0 Å². The molecule has 100 valence electrons. The Bertz CT molecular complexity index is 636. The number of rotatable bonds is 2. The zero-order valence-electron chi connectivity index (χ0n) is 11.1. The van der Waals surface area contributed by atoms with Crippen molar-refractivity contribution in [1.29, 1.82) is 0 Å². The fourth-order valence-electron chi connectivity index (χ4n) is 2.97. The maximum Gasteiger partial charge on any atom is 0.161 e. The molecule has 0 aromatic carbocycles. The third-order valence-electron chi connectivity index (χ3n) is 4.14. The number of thiophene rings is 1. The van der Waals surface area contributed by atoms with E-state index in [4.69, 9.17) is 10.7 Å². The second-order valence-electron chi connectivity index (χ2n) is 5.64. The Morgan fingerprint density at radius 3 is 2.84 bits per heavy atom. The molecular weight excluding hydrogens is 256 g/mol. The van der Waals surface area contributed by atoms with E-state index in [0.29, 0.717) is 5.92 Å². The van der Waals surface area contributed by atoms with Crippen LogP contribution in [0.25, 0.3) is 11.4 Å². The van der Waals surface area contributed by atoms with Gasteiger partial charge in [-0.3, -0.25) is 0 Å². The fraction of sp³-hybridized carbons (Fsp3) is 0.571. The largest absolute Gasteiger partial charge is 0.390 e. The molecule has 0 aliphatic heterocycles. The molecule has 0 bridgehead atoms. The summed E-state index contributed by atoms with van der Waals surface area (Å²) in [5.41, 5.74) is 8.87. The molecule has 0 saturated heterocycles. The van der Waals surface area contributed by atoms with Crippen LogP contribution in [-0.4, -0.2) is 14.8 Å². The fourth-order valence-corrected chi connectivity index (χ4v) is 4.12. The summed E-state index contributed by atoms with van der Waals surface area (Å²) in [6.07, 6.45) is 7.35. The van der Waals surface area contributed by atoms with Gasteiger partial charge in [-0.2, -0.15) is 5.10 Å². The summed E-state index contributed by atoms with van der Waals surface area (Å²) in [6.45, 7) is 0. The van der Waals surface area contributed by atoms with E-state index in [1.54, 1.807) is 11.3 Å². The van der Waals surface area contributed by atoms with Crippen molar-refractivity contribution in [2.45, 2.75) is 44.4 Å². The maximum atomic E-state index is 6.26. The first kappa shape index (κ1) is 11.5. The second-order valence-corrected chi connectivity index (χ2v) is 6.78. The van der Waals surface area contributed by atoms with Crippen LogP contribution in [0, 0.1) is 0 Å². The average molecular weight is 274 g/mol. The number of anilines is 1. The highest BCUT2D eigenvalue weighted by Gasteiger charge is 2.30. The normalized spacial score (nSPS) is 18.6. The number of aromatic nitrogens is 3. The quantitative estimate of drug-likeness (QED) is 0.916. The molecule has 0 unspecified atom stereocenters. The zero-order valence-corrected chi connectivity index (χ0v) is 12.0. The van der Waals surface area contributed by atoms with Crippen molar-refractivity contribution in [2.24, 2.45) is 7.05 Å². The highest BCUT2D eigenvalue weighted by molar-refractivity contribution is 7.16. The van der Waals surface area contributed by atoms with Crippen molar-refractivity contribution in [3.8, 4) is 11.4 Å². The van der Waals surface area contributed by atoms with Gasteiger partial charge in [-0.1, -0.05) is 0 Å². The lowest BCUT2D eigenvalue weighted by atomic mass is 9.95. The van der Waals surface area contributed by atoms with Crippen molar-refractivity contribution in [2.75, 3.05) is 5.73 Å². The Labute approximate surface area is 116 Å². The molecule has 0 atom stereocenters. The van der Waals surface area contributed by atoms with Gasteiger partial charge in [0.2, 0.25) is 0 Å². The van der Waals surface area contributed by atoms with Crippen LogP contribution < -0.4 is 5.73 Å². The van der Waals surface area contributed by atoms with Crippen LogP contribution >= 0.6 is 11.3 Å². The zero-order chi connectivity index (χ0) is 13.0. The monoisotopic (exact) mass is 274 g/mol. The molecule has 2 N–H and O–H groups in total. The van der Waals surface area contributed by atoms with Gasteiger partial charge in [0, 0.05) is 17.8 Å². The minimum atomic E-state index is 0.593. The number of hydrogen-bond donors (Lipinski definition) is 1. The number of nitrogen functional groups attached to an aromatic ring is 1. The van der Waals surface area contributed by atoms with Gasteiger partial charge in [0.1, 0.15) is 0 Å². The topological polar surface area (TPSA) is 56.7 Å². The summed E-state index contributed by atoms with van der Waals surface area (Å²) >= 11 is 1.75. The van der Waals surface area contributed by atoms with E-state index in [9.17, 15) is 0 Å². The number of nitrogens with zero attached hydrogens (tertiary/aromatic N) is 3. The van der Waals surface area contributed by atoms with E-state index < -0.39 is 0 Å². The molecule has 4 rings (SSSR count). The predicted octanol–water partition coefficient (Wildman–Crippen LogP) is 2.88. The Balaban J connectivity index is 1.85. The van der Waals surface area contributed by atoms with Crippen molar-refractivity contribution in [3.63, 3.8) is 0 Å². The van der Waals surface area contributed by atoms with Crippen molar-refractivity contribution in [3.05, 3.63) is 16.3 Å². The van der Waals surface area contributed by atoms with Crippen LogP contribution in [-0.2, 0) is 19.9 Å². The summed E-state index contributed by atoms with van der Waals surface area (Å²) < 4.78 is 1.92. The molecule has 5 heteroatoms. The maximum absolute atomic E-state index is 6.26. The molecule has 2 heterocycles. The Hall–Kier alpha value is -1.36. The van der Waals surface area contributed by atoms with Crippen molar-refractivity contribution < 1.29 is 0 Å². The standard InChI is InChI=1S/C14H18N4S/c1-18-14(16-13(17-18)8-6-7-8)11-9-4-2-3-5-10(9)19-12(11)15/h8H,2-7,15H2,1H3. The van der Waals surface area contributed by atoms with Crippen LogP contribution in [0.1, 0.15) is 47.9 Å². The molecule has 0 radical (unpaired) electrons. The molecule has 0 amide bonds. The Kier molecular flexibility index (Phi) is 2.45. The summed E-state index contributed by atoms with van der Waals surface area (Å²) in [4.78, 5) is 6.23. The van der Waals surface area contributed by atoms with Gasteiger partial charge in [0.05, 0.1) is 10.6 Å². The Morgan fingerprint density at radius 1 is 1.26 bits per heavy atom. The molecule has 1 saturated carbocycles. The van der Waals surface area contributed by atoms with Gasteiger partial charge in [0.15, 0.2) is 11.6 Å². The molecule has 4 nitrogen and oxygen atoms in total. The van der Waals surface area contributed by atoms with Crippen LogP contribution in [0.5, 0.6) is 0 Å². The predicted molar refractivity (Wildman–Crippen MR) is 77.3 cm³/mol. The van der Waals surface area contributed by atoms with Crippen LogP contribution in [0.4, 0.5) is 5.00 Å². The lowest BCUT2D eigenvalue weighted by Gasteiger charge is -2.12. The molecule has 1 fully saturated rings. The molecule has 2 aromatic heterocycles. The first-order valence-corrected chi connectivity index (χ1v) is 7.87. The second kappa shape index (κ2) is 4.07. The highest BCUT2D eigenvalue weighted by atomic mass is 32.1. The van der Waals surface area contributed by atoms with E-state index in [-0.39, 0.29) is 0 Å². The minimum Gasteiger partial charge on any atom is -0.390 e. The van der Waals surface area contributed by atoms with Gasteiger partial charge >= 0.3 is 0 Å². The molecular formula is C14H18N4S. The summed E-state index contributed by atoms with van der Waals surface area (Å²) in [5, 5.41) is 5.49. The van der Waals surface area contributed by atoms with Gasteiger partial charge < -0.3 is 5.73 Å². The number of fused-ring (bicyclic) bond motifs is 1. The molecule has 0 spiro atoms. The Morgan fingerprint density at radius 2 is 2.05 bits per heavy atom. The molecule has 19 heavy (non-hydrogen) atoms. The van der Waals surface area contributed by atoms with Gasteiger partial charge in [0.25, 0.3) is 0 Å². The van der Waals surface area contributed by atoms with E-state index >= 15 is 0 Å². The number of aryl methyl sites for hydroxylation is 2. The number of hydrogen-bond acceptors (Lipinski definition) is 4. The molecule has 2 aliphatic carbocycles. The van der Waals surface area contributed by atoms with Gasteiger partial charge in [-0.25, -0.2) is 9.67 Å². The lowest BCUT2D eigenvalue weighted by Crippen LogP contribution is -2.02. The third-order valence-corrected chi connectivity index (χ3v) is 5.27. The SMILES string of the molecule is Cn1nc(C2CC2)nc1-c1c(N)sc2c1CCCC2. The summed E-state index contributed by atoms with van der Waals surface area (Å²) in [7, 11) is 1.99. The summed E-state index contributed by atoms with van der Waals surface area (Å²) in [6, 6.07) is 0. The molecule has 2 aromatic rings. The van der Waals surface area contributed by atoms with Crippen LogP contribution in [0.3, 0.4) is 0 Å². The summed E-state index contributed by atoms with van der Waals surface area (Å²) in [5.74, 6) is 2.57. The first-order chi connectivity index (χ1) is 9.24. The number of nitrogens with two attached hydrogens (primary N) is 1.